The van der Waals surface area contributed by atoms with Gasteiger partial charge in [-0.2, -0.15) is 11.3 Å². The highest BCUT2D eigenvalue weighted by Crippen LogP contribution is 2.27. The predicted octanol–water partition coefficient (Wildman–Crippen LogP) is 4.36. The molecule has 128 valence electrons. The van der Waals surface area contributed by atoms with Crippen molar-refractivity contribution in [3.8, 4) is 22.6 Å². The zero-order valence-electron chi connectivity index (χ0n) is 14.1. The molecule has 1 amide bonds. The van der Waals surface area contributed by atoms with E-state index in [0.29, 0.717) is 23.6 Å². The molecule has 0 aliphatic heterocycles. The summed E-state index contributed by atoms with van der Waals surface area (Å²) in [6.45, 7) is 0.444. The molecule has 0 fully saturated rings. The highest BCUT2D eigenvalue weighted by Gasteiger charge is 2.14. The molecule has 0 atom stereocenters. The van der Waals surface area contributed by atoms with E-state index >= 15 is 0 Å². The van der Waals surface area contributed by atoms with Crippen molar-refractivity contribution in [1.82, 2.24) is 5.32 Å². The summed E-state index contributed by atoms with van der Waals surface area (Å²) in [6, 6.07) is 15.3. The number of hydrogen-bond acceptors (Lipinski definition) is 4. The Labute approximate surface area is 151 Å². The van der Waals surface area contributed by atoms with Crippen LogP contribution in [0.3, 0.4) is 0 Å². The van der Waals surface area contributed by atoms with Gasteiger partial charge >= 0.3 is 0 Å². The van der Waals surface area contributed by atoms with E-state index in [-0.39, 0.29) is 5.91 Å². The Morgan fingerprint density at radius 3 is 2.64 bits per heavy atom. The number of thiophene rings is 1. The van der Waals surface area contributed by atoms with Crippen LogP contribution in [-0.2, 0) is 6.54 Å². The lowest BCUT2D eigenvalue weighted by atomic mass is 10.0. The predicted molar refractivity (Wildman–Crippen MR) is 100 cm³/mol. The number of carbonyl (C=O) groups excluding carboxylic acids is 1. The zero-order chi connectivity index (χ0) is 17.6. The number of amides is 1. The van der Waals surface area contributed by atoms with Crippen LogP contribution in [0.5, 0.6) is 11.5 Å². The van der Waals surface area contributed by atoms with Crippen LogP contribution in [0.1, 0.15) is 15.9 Å². The lowest BCUT2D eigenvalue weighted by molar-refractivity contribution is 0.0948. The van der Waals surface area contributed by atoms with Crippen molar-refractivity contribution >= 4 is 17.2 Å². The number of methoxy groups -OCH3 is 2. The van der Waals surface area contributed by atoms with Gasteiger partial charge in [0.1, 0.15) is 11.5 Å². The first-order chi connectivity index (χ1) is 12.2. The summed E-state index contributed by atoms with van der Waals surface area (Å²) >= 11 is 1.66. The summed E-state index contributed by atoms with van der Waals surface area (Å²) < 4.78 is 10.5. The maximum atomic E-state index is 12.6. The molecule has 0 bridgehead atoms. The lowest BCUT2D eigenvalue weighted by Crippen LogP contribution is -2.23. The molecule has 0 radical (unpaired) electrons. The van der Waals surface area contributed by atoms with Gasteiger partial charge in [0.25, 0.3) is 5.91 Å². The van der Waals surface area contributed by atoms with Gasteiger partial charge in [0.15, 0.2) is 0 Å². The molecule has 25 heavy (non-hydrogen) atoms. The van der Waals surface area contributed by atoms with E-state index in [4.69, 9.17) is 9.47 Å². The van der Waals surface area contributed by atoms with Gasteiger partial charge in [0.2, 0.25) is 0 Å². The highest BCUT2D eigenvalue weighted by atomic mass is 32.1. The lowest BCUT2D eigenvalue weighted by Gasteiger charge is -2.12. The van der Waals surface area contributed by atoms with Gasteiger partial charge in [-0.3, -0.25) is 4.79 Å². The standard InChI is InChI=1S/C20H19NO3S/c1-23-16-7-8-18(19(11-16)24-2)20(22)21-12-14-5-3-4-6-17(14)15-9-10-25-13-15/h3-11,13H,12H2,1-2H3,(H,21,22). The largest absolute Gasteiger partial charge is 0.497 e. The van der Waals surface area contributed by atoms with Gasteiger partial charge in [0, 0.05) is 12.6 Å². The monoisotopic (exact) mass is 353 g/mol. The molecule has 4 nitrogen and oxygen atoms in total. The second-order valence-electron chi connectivity index (χ2n) is 5.42. The fraction of sp³-hybridized carbons (Fsp3) is 0.150. The van der Waals surface area contributed by atoms with Gasteiger partial charge in [-0.25, -0.2) is 0 Å². The Morgan fingerprint density at radius 1 is 1.08 bits per heavy atom. The van der Waals surface area contributed by atoms with E-state index in [2.05, 4.69) is 22.8 Å². The summed E-state index contributed by atoms with van der Waals surface area (Å²) in [4.78, 5) is 12.6. The minimum atomic E-state index is -0.181. The third-order valence-electron chi connectivity index (χ3n) is 3.94. The van der Waals surface area contributed by atoms with E-state index in [1.165, 1.54) is 7.11 Å². The van der Waals surface area contributed by atoms with E-state index in [9.17, 15) is 4.79 Å². The summed E-state index contributed by atoms with van der Waals surface area (Å²) in [6.07, 6.45) is 0. The minimum absolute atomic E-state index is 0.181. The SMILES string of the molecule is COc1ccc(C(=O)NCc2ccccc2-c2ccsc2)c(OC)c1. The number of rotatable bonds is 6. The van der Waals surface area contributed by atoms with Crippen LogP contribution >= 0.6 is 11.3 Å². The topological polar surface area (TPSA) is 47.6 Å². The van der Waals surface area contributed by atoms with Crippen molar-refractivity contribution in [1.29, 1.82) is 0 Å². The quantitative estimate of drug-likeness (QED) is 0.716. The highest BCUT2D eigenvalue weighted by molar-refractivity contribution is 7.08. The van der Waals surface area contributed by atoms with E-state index < -0.39 is 0 Å². The van der Waals surface area contributed by atoms with Crippen molar-refractivity contribution in [2.45, 2.75) is 6.54 Å². The number of nitrogens with one attached hydrogen (secondary N) is 1. The molecule has 5 heteroatoms. The molecule has 2 aromatic carbocycles. The Hall–Kier alpha value is -2.79. The Bertz CT molecular complexity index is 859. The van der Waals surface area contributed by atoms with Crippen molar-refractivity contribution in [2.75, 3.05) is 14.2 Å². The normalized spacial score (nSPS) is 10.3. The average molecular weight is 353 g/mol. The first-order valence-corrected chi connectivity index (χ1v) is 8.78. The second-order valence-corrected chi connectivity index (χ2v) is 6.20. The maximum Gasteiger partial charge on any atom is 0.255 e. The molecule has 0 aliphatic carbocycles. The third-order valence-corrected chi connectivity index (χ3v) is 4.63. The van der Waals surface area contributed by atoms with Crippen LogP contribution in [0.15, 0.2) is 59.3 Å². The van der Waals surface area contributed by atoms with Gasteiger partial charge in [-0.1, -0.05) is 24.3 Å². The van der Waals surface area contributed by atoms with Gasteiger partial charge in [-0.15, -0.1) is 0 Å². The summed E-state index contributed by atoms with van der Waals surface area (Å²) in [5, 5.41) is 7.13. The van der Waals surface area contributed by atoms with Gasteiger partial charge in [-0.05, 0) is 45.6 Å². The third kappa shape index (κ3) is 3.83. The fourth-order valence-electron chi connectivity index (χ4n) is 2.63. The van der Waals surface area contributed by atoms with Crippen LogP contribution in [0.4, 0.5) is 0 Å². The van der Waals surface area contributed by atoms with Gasteiger partial charge in [0.05, 0.1) is 19.8 Å². The van der Waals surface area contributed by atoms with Crippen molar-refractivity contribution < 1.29 is 14.3 Å². The smallest absolute Gasteiger partial charge is 0.255 e. The number of hydrogen-bond donors (Lipinski definition) is 1. The summed E-state index contributed by atoms with van der Waals surface area (Å²) in [5.74, 6) is 0.957. The second kappa shape index (κ2) is 7.85. The summed E-state index contributed by atoms with van der Waals surface area (Å²) in [5.41, 5.74) is 3.85. The van der Waals surface area contributed by atoms with E-state index in [0.717, 1.165) is 16.7 Å². The van der Waals surface area contributed by atoms with E-state index in [1.807, 2.05) is 23.6 Å². The van der Waals surface area contributed by atoms with Gasteiger partial charge < -0.3 is 14.8 Å². The first-order valence-electron chi connectivity index (χ1n) is 7.83. The van der Waals surface area contributed by atoms with E-state index in [1.54, 1.807) is 36.6 Å². The van der Waals surface area contributed by atoms with Crippen molar-refractivity contribution in [3.05, 3.63) is 70.4 Å². The molecular weight excluding hydrogens is 334 g/mol. The van der Waals surface area contributed by atoms with Crippen LogP contribution in [0, 0.1) is 0 Å². The van der Waals surface area contributed by atoms with Crippen molar-refractivity contribution in [3.63, 3.8) is 0 Å². The Kier molecular flexibility index (Phi) is 5.36. The molecule has 3 rings (SSSR count). The zero-order valence-corrected chi connectivity index (χ0v) is 14.9. The molecule has 3 aromatic rings. The molecule has 0 saturated carbocycles. The number of carbonyl (C=O) groups is 1. The Balaban J connectivity index is 1.78. The first kappa shape index (κ1) is 17.0. The molecular formula is C20H19NO3S. The molecule has 0 aliphatic rings. The van der Waals surface area contributed by atoms with Crippen LogP contribution in [0.25, 0.3) is 11.1 Å². The van der Waals surface area contributed by atoms with Crippen LogP contribution in [0.2, 0.25) is 0 Å². The molecule has 0 saturated heterocycles. The molecule has 1 N–H and O–H groups in total. The molecule has 0 unspecified atom stereocenters. The number of ether oxygens (including phenoxy) is 2. The van der Waals surface area contributed by atoms with Crippen molar-refractivity contribution in [2.24, 2.45) is 0 Å². The average Bonchev–Trinajstić information content (AvgIpc) is 3.20. The Morgan fingerprint density at radius 2 is 1.92 bits per heavy atom. The van der Waals surface area contributed by atoms with Crippen LogP contribution in [-0.4, -0.2) is 20.1 Å². The number of benzene rings is 2. The molecule has 1 heterocycles. The molecule has 0 spiro atoms. The van der Waals surface area contributed by atoms with Crippen LogP contribution < -0.4 is 14.8 Å². The summed E-state index contributed by atoms with van der Waals surface area (Å²) in [7, 11) is 3.12. The minimum Gasteiger partial charge on any atom is -0.497 e. The maximum absolute atomic E-state index is 12.6. The fourth-order valence-corrected chi connectivity index (χ4v) is 3.29. The molecule has 1 aromatic heterocycles.